The number of carbonyl (C=O) groups excluding carboxylic acids is 1. The van der Waals surface area contributed by atoms with Crippen molar-refractivity contribution in [1.82, 2.24) is 0 Å². The van der Waals surface area contributed by atoms with E-state index in [-0.39, 0.29) is 17.1 Å². The summed E-state index contributed by atoms with van der Waals surface area (Å²) in [6.07, 6.45) is -4.16. The lowest BCUT2D eigenvalue weighted by atomic mass is 9.99. The quantitative estimate of drug-likeness (QED) is 0.219. The van der Waals surface area contributed by atoms with Gasteiger partial charge in [-0.15, -0.1) is 0 Å². The third-order valence-electron chi connectivity index (χ3n) is 4.69. The van der Waals surface area contributed by atoms with E-state index in [0.717, 1.165) is 0 Å². The van der Waals surface area contributed by atoms with Gasteiger partial charge in [-0.25, -0.2) is 0 Å². The molecule has 2 aromatic carbocycles. The molecule has 1 heterocycles. The largest absolute Gasteiger partial charge is 0.504 e. The summed E-state index contributed by atoms with van der Waals surface area (Å²) in [5.74, 6) is -1.09. The number of hydrogen-bond acceptors (Lipinski definition) is 9. The standard InChI is InChI=1S/C21H22O9/c22-10-16-18(26)19(27)20(28)21(30-16)29-12-7-4-11(5-8-12)6-9-14(23)13-2-1-3-15(24)17(13)25/h1-9,16,18-22,24-28H,10H2/b9-6+/t16?,18-,19+,20?,21-/m1/s1. The molecule has 9 heteroatoms. The Morgan fingerprint density at radius 3 is 2.37 bits per heavy atom. The fourth-order valence-corrected chi connectivity index (χ4v) is 2.95. The molecular formula is C21H22O9. The zero-order valence-electron chi connectivity index (χ0n) is 15.7. The van der Waals surface area contributed by atoms with E-state index >= 15 is 0 Å². The van der Waals surface area contributed by atoms with E-state index in [1.165, 1.54) is 42.5 Å². The van der Waals surface area contributed by atoms with E-state index in [1.54, 1.807) is 12.1 Å². The molecule has 0 amide bonds. The van der Waals surface area contributed by atoms with Crippen molar-refractivity contribution in [3.63, 3.8) is 0 Å². The van der Waals surface area contributed by atoms with Crippen LogP contribution in [0.3, 0.4) is 0 Å². The molecule has 0 radical (unpaired) electrons. The Morgan fingerprint density at radius 2 is 1.70 bits per heavy atom. The van der Waals surface area contributed by atoms with Gasteiger partial charge in [0.1, 0.15) is 30.2 Å². The number of ether oxygens (including phenoxy) is 2. The minimum atomic E-state index is -1.54. The molecule has 1 aliphatic rings. The summed E-state index contributed by atoms with van der Waals surface area (Å²) in [4.78, 5) is 12.2. The van der Waals surface area contributed by atoms with Gasteiger partial charge in [-0.05, 0) is 35.9 Å². The van der Waals surface area contributed by atoms with Gasteiger partial charge in [0.25, 0.3) is 0 Å². The number of carbonyl (C=O) groups is 1. The highest BCUT2D eigenvalue weighted by Crippen LogP contribution is 2.29. The number of aliphatic hydroxyl groups is 4. The summed E-state index contributed by atoms with van der Waals surface area (Å²) in [6, 6.07) is 10.4. The predicted molar refractivity (Wildman–Crippen MR) is 104 cm³/mol. The fourth-order valence-electron chi connectivity index (χ4n) is 2.95. The lowest BCUT2D eigenvalue weighted by Gasteiger charge is -2.39. The van der Waals surface area contributed by atoms with Crippen LogP contribution < -0.4 is 4.74 Å². The Kier molecular flexibility index (Phi) is 6.70. The first-order chi connectivity index (χ1) is 14.3. The highest BCUT2D eigenvalue weighted by atomic mass is 16.7. The van der Waals surface area contributed by atoms with Gasteiger partial charge in [-0.3, -0.25) is 4.79 Å². The average molecular weight is 418 g/mol. The number of phenolic OH excluding ortho intramolecular Hbond substituents is 2. The molecule has 1 fully saturated rings. The average Bonchev–Trinajstić information content (AvgIpc) is 2.75. The molecule has 2 aromatic rings. The number of hydrogen-bond donors (Lipinski definition) is 6. The number of rotatable bonds is 6. The Morgan fingerprint density at radius 1 is 1.00 bits per heavy atom. The molecule has 160 valence electrons. The van der Waals surface area contributed by atoms with Crippen molar-refractivity contribution in [2.45, 2.75) is 30.7 Å². The van der Waals surface area contributed by atoms with Gasteiger partial charge >= 0.3 is 0 Å². The van der Waals surface area contributed by atoms with Gasteiger partial charge in [-0.2, -0.15) is 0 Å². The van der Waals surface area contributed by atoms with Crippen LogP contribution in [0, 0.1) is 0 Å². The van der Waals surface area contributed by atoms with Gasteiger partial charge in [0.05, 0.1) is 12.2 Å². The normalized spacial score (nSPS) is 26.6. The fraction of sp³-hybridized carbons (Fsp3) is 0.286. The van der Waals surface area contributed by atoms with Crippen LogP contribution in [0.15, 0.2) is 48.5 Å². The predicted octanol–water partition coefficient (Wildman–Crippen LogP) is 0.173. The van der Waals surface area contributed by atoms with E-state index in [2.05, 4.69) is 0 Å². The number of aromatic hydroxyl groups is 2. The van der Waals surface area contributed by atoms with Gasteiger partial charge < -0.3 is 40.1 Å². The molecule has 0 saturated carbocycles. The van der Waals surface area contributed by atoms with Crippen LogP contribution in [-0.4, -0.2) is 73.7 Å². The first kappa shape index (κ1) is 21.8. The zero-order chi connectivity index (χ0) is 21.8. The minimum absolute atomic E-state index is 0.0335. The molecule has 30 heavy (non-hydrogen) atoms. The summed E-state index contributed by atoms with van der Waals surface area (Å²) >= 11 is 0. The lowest BCUT2D eigenvalue weighted by molar-refractivity contribution is -0.277. The molecule has 5 atom stereocenters. The van der Waals surface area contributed by atoms with Gasteiger partial charge in [-0.1, -0.05) is 24.3 Å². The highest BCUT2D eigenvalue weighted by molar-refractivity contribution is 6.09. The maximum Gasteiger partial charge on any atom is 0.229 e. The van der Waals surface area contributed by atoms with E-state index in [1.807, 2.05) is 0 Å². The monoisotopic (exact) mass is 418 g/mol. The Hall–Kier alpha value is -2.95. The lowest BCUT2D eigenvalue weighted by Crippen LogP contribution is -2.60. The molecule has 1 saturated heterocycles. The van der Waals surface area contributed by atoms with E-state index in [4.69, 9.17) is 9.47 Å². The molecule has 6 N–H and O–H groups in total. The molecule has 3 rings (SSSR count). The van der Waals surface area contributed by atoms with Crippen LogP contribution >= 0.6 is 0 Å². The third kappa shape index (κ3) is 4.61. The second kappa shape index (κ2) is 9.24. The van der Waals surface area contributed by atoms with Crippen molar-refractivity contribution in [2.75, 3.05) is 6.61 Å². The molecule has 0 aliphatic carbocycles. The molecule has 0 bridgehead atoms. The van der Waals surface area contributed by atoms with Crippen LogP contribution in [0.2, 0.25) is 0 Å². The highest BCUT2D eigenvalue weighted by Gasteiger charge is 2.44. The number of allylic oxidation sites excluding steroid dienone is 1. The molecule has 0 aromatic heterocycles. The van der Waals surface area contributed by atoms with Crippen molar-refractivity contribution in [2.24, 2.45) is 0 Å². The molecule has 0 spiro atoms. The van der Waals surface area contributed by atoms with Crippen LogP contribution in [-0.2, 0) is 4.74 Å². The number of aliphatic hydroxyl groups excluding tert-OH is 4. The summed E-state index contributed by atoms with van der Waals surface area (Å²) in [7, 11) is 0. The topological polar surface area (TPSA) is 157 Å². The summed E-state index contributed by atoms with van der Waals surface area (Å²) < 4.78 is 10.8. The zero-order valence-corrected chi connectivity index (χ0v) is 15.7. The number of phenols is 2. The molecule has 9 nitrogen and oxygen atoms in total. The van der Waals surface area contributed by atoms with Crippen LogP contribution in [0.1, 0.15) is 15.9 Å². The molecular weight excluding hydrogens is 396 g/mol. The molecule has 1 aliphatic heterocycles. The number of ketones is 1. The second-order valence-corrected chi connectivity index (χ2v) is 6.76. The van der Waals surface area contributed by atoms with Crippen molar-refractivity contribution in [1.29, 1.82) is 0 Å². The van der Waals surface area contributed by atoms with Gasteiger partial charge in [0.15, 0.2) is 17.3 Å². The van der Waals surface area contributed by atoms with Crippen molar-refractivity contribution >= 4 is 11.9 Å². The Balaban J connectivity index is 1.65. The summed E-state index contributed by atoms with van der Waals surface area (Å²) in [5, 5.41) is 58.0. The smallest absolute Gasteiger partial charge is 0.229 e. The first-order valence-corrected chi connectivity index (χ1v) is 9.12. The van der Waals surface area contributed by atoms with Crippen LogP contribution in [0.25, 0.3) is 6.08 Å². The van der Waals surface area contributed by atoms with E-state index in [9.17, 15) is 35.4 Å². The Labute approximate surface area is 171 Å². The van der Waals surface area contributed by atoms with Gasteiger partial charge in [0.2, 0.25) is 6.29 Å². The van der Waals surface area contributed by atoms with Crippen LogP contribution in [0.5, 0.6) is 17.2 Å². The van der Waals surface area contributed by atoms with Crippen LogP contribution in [0.4, 0.5) is 0 Å². The van der Waals surface area contributed by atoms with Gasteiger partial charge in [0, 0.05) is 0 Å². The first-order valence-electron chi connectivity index (χ1n) is 9.12. The maximum absolute atomic E-state index is 12.2. The van der Waals surface area contributed by atoms with E-state index < -0.39 is 48.8 Å². The molecule has 2 unspecified atom stereocenters. The van der Waals surface area contributed by atoms with Crippen molar-refractivity contribution in [3.8, 4) is 17.2 Å². The SMILES string of the molecule is O=C(/C=C/c1ccc(O[C@@H]2OC(CO)[C@@H](O)[C@H](O)C2O)cc1)c1cccc(O)c1O. The maximum atomic E-state index is 12.2. The summed E-state index contributed by atoms with van der Waals surface area (Å²) in [6.45, 7) is -0.558. The number of para-hydroxylation sites is 1. The summed E-state index contributed by atoms with van der Waals surface area (Å²) in [5.41, 5.74) is 0.595. The Bertz CT molecular complexity index is 907. The van der Waals surface area contributed by atoms with Crippen molar-refractivity contribution in [3.05, 3.63) is 59.7 Å². The minimum Gasteiger partial charge on any atom is -0.504 e. The third-order valence-corrected chi connectivity index (χ3v) is 4.69. The number of benzene rings is 2. The van der Waals surface area contributed by atoms with Crippen molar-refractivity contribution < 1.29 is 44.9 Å². The second-order valence-electron chi connectivity index (χ2n) is 6.76. The van der Waals surface area contributed by atoms with E-state index in [0.29, 0.717) is 5.56 Å².